The SMILES string of the molecule is C=N[C@H](CS)C(=O)OC. The number of hydrogen-bond acceptors (Lipinski definition) is 4. The molecule has 0 N–H and O–H groups in total. The Morgan fingerprint density at radius 2 is 2.56 bits per heavy atom. The zero-order chi connectivity index (χ0) is 7.28. The summed E-state index contributed by atoms with van der Waals surface area (Å²) in [4.78, 5) is 14.0. The average Bonchev–Trinajstić information content (AvgIpc) is 1.90. The lowest BCUT2D eigenvalue weighted by molar-refractivity contribution is -0.141. The number of carbonyl (C=O) groups is 1. The minimum atomic E-state index is -0.515. The van der Waals surface area contributed by atoms with E-state index in [0.29, 0.717) is 5.75 Å². The van der Waals surface area contributed by atoms with Crippen LogP contribution in [-0.2, 0) is 9.53 Å². The van der Waals surface area contributed by atoms with Crippen molar-refractivity contribution in [2.75, 3.05) is 12.9 Å². The second-order valence-electron chi connectivity index (χ2n) is 1.40. The van der Waals surface area contributed by atoms with Gasteiger partial charge in [-0.05, 0) is 6.72 Å². The van der Waals surface area contributed by atoms with Crippen LogP contribution in [0.1, 0.15) is 0 Å². The second kappa shape index (κ2) is 4.38. The number of ether oxygens (including phenoxy) is 1. The highest BCUT2D eigenvalue weighted by Crippen LogP contribution is 1.94. The van der Waals surface area contributed by atoms with Crippen LogP contribution in [0.5, 0.6) is 0 Å². The topological polar surface area (TPSA) is 38.7 Å². The molecule has 3 nitrogen and oxygen atoms in total. The number of carbonyl (C=O) groups excluding carboxylic acids is 1. The van der Waals surface area contributed by atoms with Crippen LogP contribution in [0.15, 0.2) is 4.99 Å². The molecular formula is C5H9NO2S. The van der Waals surface area contributed by atoms with Crippen LogP contribution in [0.4, 0.5) is 0 Å². The molecule has 0 rings (SSSR count). The van der Waals surface area contributed by atoms with Crippen molar-refractivity contribution < 1.29 is 9.53 Å². The van der Waals surface area contributed by atoms with E-state index in [-0.39, 0.29) is 5.97 Å². The smallest absolute Gasteiger partial charge is 0.331 e. The van der Waals surface area contributed by atoms with Gasteiger partial charge in [-0.3, -0.25) is 4.99 Å². The Labute approximate surface area is 59.5 Å². The first-order valence-corrected chi connectivity index (χ1v) is 3.04. The van der Waals surface area contributed by atoms with Gasteiger partial charge in [-0.15, -0.1) is 0 Å². The summed E-state index contributed by atoms with van der Waals surface area (Å²) < 4.78 is 4.37. The average molecular weight is 147 g/mol. The molecule has 4 heteroatoms. The van der Waals surface area contributed by atoms with Crippen LogP contribution in [0.2, 0.25) is 0 Å². The van der Waals surface area contributed by atoms with Gasteiger partial charge in [-0.2, -0.15) is 12.6 Å². The van der Waals surface area contributed by atoms with E-state index < -0.39 is 6.04 Å². The fraction of sp³-hybridized carbons (Fsp3) is 0.600. The summed E-state index contributed by atoms with van der Waals surface area (Å²) in [5.74, 6) is -0.0455. The summed E-state index contributed by atoms with van der Waals surface area (Å²) in [5.41, 5.74) is 0. The van der Waals surface area contributed by atoms with Gasteiger partial charge in [0, 0.05) is 5.75 Å². The van der Waals surface area contributed by atoms with Gasteiger partial charge in [-0.1, -0.05) is 0 Å². The van der Waals surface area contributed by atoms with E-state index in [9.17, 15) is 4.79 Å². The van der Waals surface area contributed by atoms with Crippen molar-refractivity contribution >= 4 is 25.3 Å². The van der Waals surface area contributed by atoms with Crippen LogP contribution in [0.3, 0.4) is 0 Å². The molecule has 0 bridgehead atoms. The van der Waals surface area contributed by atoms with E-state index in [1.54, 1.807) is 0 Å². The molecule has 0 fully saturated rings. The normalized spacial score (nSPS) is 12.2. The van der Waals surface area contributed by atoms with Crippen molar-refractivity contribution in [2.45, 2.75) is 6.04 Å². The minimum absolute atomic E-state index is 0.343. The summed E-state index contributed by atoms with van der Waals surface area (Å²) in [6.45, 7) is 3.20. The van der Waals surface area contributed by atoms with E-state index in [1.165, 1.54) is 7.11 Å². The molecule has 0 heterocycles. The third kappa shape index (κ3) is 2.51. The van der Waals surface area contributed by atoms with Crippen molar-refractivity contribution in [3.63, 3.8) is 0 Å². The summed E-state index contributed by atoms with van der Waals surface area (Å²) >= 11 is 3.85. The summed E-state index contributed by atoms with van der Waals surface area (Å²) in [6, 6.07) is -0.515. The summed E-state index contributed by atoms with van der Waals surface area (Å²) in [7, 11) is 1.31. The molecule has 0 unspecified atom stereocenters. The van der Waals surface area contributed by atoms with Gasteiger partial charge >= 0.3 is 5.97 Å². The van der Waals surface area contributed by atoms with Gasteiger partial charge in [0.15, 0.2) is 6.04 Å². The molecule has 0 saturated heterocycles. The Morgan fingerprint density at radius 1 is 2.00 bits per heavy atom. The third-order valence-corrected chi connectivity index (χ3v) is 1.21. The zero-order valence-corrected chi connectivity index (χ0v) is 6.10. The highest BCUT2D eigenvalue weighted by atomic mass is 32.1. The van der Waals surface area contributed by atoms with Crippen LogP contribution in [0, 0.1) is 0 Å². The number of esters is 1. The molecule has 0 radical (unpaired) electrons. The molecule has 1 atom stereocenters. The van der Waals surface area contributed by atoms with Crippen molar-refractivity contribution in [1.82, 2.24) is 0 Å². The van der Waals surface area contributed by atoms with Gasteiger partial charge in [-0.25, -0.2) is 4.79 Å². The standard InChI is InChI=1S/C5H9NO2S/c1-6-4(3-9)5(7)8-2/h4,9H,1,3H2,2H3/t4-/m1/s1. The van der Waals surface area contributed by atoms with Crippen molar-refractivity contribution in [3.8, 4) is 0 Å². The number of hydrogen-bond donors (Lipinski definition) is 1. The fourth-order valence-electron chi connectivity index (χ4n) is 0.343. The largest absolute Gasteiger partial charge is 0.467 e. The van der Waals surface area contributed by atoms with Crippen LogP contribution in [-0.4, -0.2) is 31.6 Å². The fourth-order valence-corrected chi connectivity index (χ4v) is 0.607. The Balaban J connectivity index is 3.78. The number of aliphatic imine (C=N–C) groups is 1. The Bertz CT molecular complexity index is 116. The minimum Gasteiger partial charge on any atom is -0.467 e. The first kappa shape index (κ1) is 8.49. The molecule has 0 saturated carbocycles. The van der Waals surface area contributed by atoms with Gasteiger partial charge < -0.3 is 4.74 Å². The molecule has 0 aromatic rings. The molecule has 0 aromatic heterocycles. The van der Waals surface area contributed by atoms with Crippen molar-refractivity contribution in [3.05, 3.63) is 0 Å². The first-order valence-electron chi connectivity index (χ1n) is 2.40. The van der Waals surface area contributed by atoms with Crippen LogP contribution in [0.25, 0.3) is 0 Å². The molecule has 0 amide bonds. The van der Waals surface area contributed by atoms with Crippen molar-refractivity contribution in [1.29, 1.82) is 0 Å². The highest BCUT2D eigenvalue weighted by Gasteiger charge is 2.13. The van der Waals surface area contributed by atoms with Gasteiger partial charge in [0.05, 0.1) is 7.11 Å². The summed E-state index contributed by atoms with van der Waals surface area (Å²) in [5, 5.41) is 0. The van der Waals surface area contributed by atoms with Crippen LogP contribution >= 0.6 is 12.6 Å². The number of thiol groups is 1. The molecule has 0 aliphatic heterocycles. The van der Waals surface area contributed by atoms with E-state index in [4.69, 9.17) is 0 Å². The lowest BCUT2D eigenvalue weighted by Crippen LogP contribution is -2.21. The van der Waals surface area contributed by atoms with Crippen LogP contribution < -0.4 is 0 Å². The van der Waals surface area contributed by atoms with E-state index in [0.717, 1.165) is 0 Å². The third-order valence-electron chi connectivity index (χ3n) is 0.867. The molecule has 0 aliphatic rings. The van der Waals surface area contributed by atoms with Gasteiger partial charge in [0.2, 0.25) is 0 Å². The Kier molecular flexibility index (Phi) is 4.13. The molecule has 9 heavy (non-hydrogen) atoms. The lowest BCUT2D eigenvalue weighted by atomic mass is 10.4. The maximum atomic E-state index is 10.6. The van der Waals surface area contributed by atoms with E-state index >= 15 is 0 Å². The lowest BCUT2D eigenvalue weighted by Gasteiger charge is -2.03. The van der Waals surface area contributed by atoms with Crippen molar-refractivity contribution in [2.24, 2.45) is 4.99 Å². The van der Waals surface area contributed by atoms with Gasteiger partial charge in [0.1, 0.15) is 0 Å². The first-order chi connectivity index (χ1) is 4.26. The van der Waals surface area contributed by atoms with E-state index in [1.807, 2.05) is 0 Å². The monoisotopic (exact) mass is 147 g/mol. The molecule has 0 aromatic carbocycles. The maximum absolute atomic E-state index is 10.6. The quantitative estimate of drug-likeness (QED) is 0.351. The Morgan fingerprint density at radius 3 is 2.67 bits per heavy atom. The highest BCUT2D eigenvalue weighted by molar-refractivity contribution is 7.80. The second-order valence-corrected chi connectivity index (χ2v) is 1.77. The predicted molar refractivity (Wildman–Crippen MR) is 39.2 cm³/mol. The molecular weight excluding hydrogens is 138 g/mol. The number of rotatable bonds is 3. The van der Waals surface area contributed by atoms with Gasteiger partial charge in [0.25, 0.3) is 0 Å². The number of methoxy groups -OCH3 is 1. The molecule has 0 aliphatic carbocycles. The summed E-state index contributed by atoms with van der Waals surface area (Å²) in [6.07, 6.45) is 0. The van der Waals surface area contributed by atoms with E-state index in [2.05, 4.69) is 29.1 Å². The predicted octanol–water partition coefficient (Wildman–Crippen LogP) is 0.158. The Hall–Kier alpha value is -0.510. The molecule has 52 valence electrons. The zero-order valence-electron chi connectivity index (χ0n) is 5.20. The molecule has 0 spiro atoms. The maximum Gasteiger partial charge on any atom is 0.331 e. The number of nitrogens with zero attached hydrogens (tertiary/aromatic N) is 1.